The Morgan fingerprint density at radius 1 is 0.453 bits per heavy atom. The van der Waals surface area contributed by atoms with Crippen molar-refractivity contribution in [2.24, 2.45) is 17.8 Å². The lowest BCUT2D eigenvalue weighted by molar-refractivity contribution is 0.0734. The predicted molar refractivity (Wildman–Crippen MR) is 227 cm³/mol. The SMILES string of the molecule is CC.Cc1ccc(-c2ccc(C)cc2)cc1.Cc1ccc(C2CCC(C3CCC(C)CC3)CC2)cc1.Cc1ccc(OC(=O)c2ccc(C)cc2)cc1. The molecule has 280 valence electrons. The van der Waals surface area contributed by atoms with Gasteiger partial charge in [0.2, 0.25) is 0 Å². The lowest BCUT2D eigenvalue weighted by atomic mass is 9.68. The average Bonchev–Trinajstić information content (AvgIpc) is 3.19. The fraction of sp³-hybridized carbons (Fsp3) is 0.392. The first kappa shape index (κ1) is 41.3. The molecule has 5 aromatic carbocycles. The van der Waals surface area contributed by atoms with Gasteiger partial charge in [0, 0.05) is 0 Å². The number of benzene rings is 5. The van der Waals surface area contributed by atoms with Crippen LogP contribution in [-0.2, 0) is 0 Å². The first-order chi connectivity index (χ1) is 25.6. The molecule has 0 aliphatic heterocycles. The molecule has 0 amide bonds. The molecule has 2 aliphatic rings. The van der Waals surface area contributed by atoms with Gasteiger partial charge in [-0.05, 0) is 138 Å². The van der Waals surface area contributed by atoms with Gasteiger partial charge in [-0.3, -0.25) is 0 Å². The number of aryl methyl sites for hydroxylation is 5. The quantitative estimate of drug-likeness (QED) is 0.134. The van der Waals surface area contributed by atoms with E-state index >= 15 is 0 Å². The minimum atomic E-state index is -0.325. The van der Waals surface area contributed by atoms with Crippen LogP contribution in [0.1, 0.15) is 122 Å². The van der Waals surface area contributed by atoms with Crippen LogP contribution in [0.5, 0.6) is 5.75 Å². The Morgan fingerprint density at radius 2 is 0.792 bits per heavy atom. The highest BCUT2D eigenvalue weighted by atomic mass is 16.5. The smallest absolute Gasteiger partial charge is 0.343 e. The standard InChI is InChI=1S/C20H30.C15H14O2.C14H14.C2H6/c1-15-3-7-17(8-4-15)19-11-13-20(14-12-19)18-9-5-16(2)6-10-18;1-11-3-7-13(8-4-11)15(16)17-14-9-5-12(2)6-10-14;1-11-3-7-13(8-4-11)14-9-5-12(2)6-10-14;1-2/h3-4,7-8,16,18-20H,5-6,9-14H2,1-2H3;3-10H,1-2H3;3-10H,1-2H3;1-2H3. The van der Waals surface area contributed by atoms with Crippen LogP contribution in [0.25, 0.3) is 11.1 Å². The summed E-state index contributed by atoms with van der Waals surface area (Å²) in [6.45, 7) is 16.8. The Labute approximate surface area is 322 Å². The first-order valence-corrected chi connectivity index (χ1v) is 20.2. The van der Waals surface area contributed by atoms with E-state index in [1.54, 1.807) is 29.8 Å². The maximum Gasteiger partial charge on any atom is 0.343 e. The molecule has 0 spiro atoms. The van der Waals surface area contributed by atoms with Crippen LogP contribution in [0, 0.1) is 52.4 Å². The summed E-state index contributed by atoms with van der Waals surface area (Å²) in [7, 11) is 0. The zero-order chi connectivity index (χ0) is 38.2. The topological polar surface area (TPSA) is 26.3 Å². The summed E-state index contributed by atoms with van der Waals surface area (Å²) in [4.78, 5) is 11.8. The Kier molecular flexibility index (Phi) is 16.6. The van der Waals surface area contributed by atoms with Gasteiger partial charge in [0.05, 0.1) is 5.56 Å². The van der Waals surface area contributed by atoms with Crippen LogP contribution >= 0.6 is 0 Å². The molecule has 0 heterocycles. The van der Waals surface area contributed by atoms with Crippen LogP contribution in [-0.4, -0.2) is 5.97 Å². The van der Waals surface area contributed by atoms with Crippen molar-refractivity contribution in [2.75, 3.05) is 0 Å². The molecule has 2 heteroatoms. The molecule has 53 heavy (non-hydrogen) atoms. The normalized spacial score (nSPS) is 19.2. The second-order valence-electron chi connectivity index (χ2n) is 15.3. The fourth-order valence-corrected chi connectivity index (χ4v) is 7.47. The minimum Gasteiger partial charge on any atom is -0.423 e. The van der Waals surface area contributed by atoms with Crippen LogP contribution in [0.2, 0.25) is 0 Å². The highest BCUT2D eigenvalue weighted by Gasteiger charge is 2.30. The van der Waals surface area contributed by atoms with Gasteiger partial charge >= 0.3 is 5.97 Å². The van der Waals surface area contributed by atoms with Crippen molar-refractivity contribution in [3.05, 3.63) is 160 Å². The summed E-state index contributed by atoms with van der Waals surface area (Å²) in [6.07, 6.45) is 11.8. The lowest BCUT2D eigenvalue weighted by Crippen LogP contribution is -2.24. The largest absolute Gasteiger partial charge is 0.423 e. The molecule has 2 fully saturated rings. The predicted octanol–water partition coefficient (Wildman–Crippen LogP) is 14.6. The molecular weight excluding hydrogens is 645 g/mol. The lowest BCUT2D eigenvalue weighted by Gasteiger charge is -2.37. The van der Waals surface area contributed by atoms with Gasteiger partial charge in [-0.25, -0.2) is 4.79 Å². The molecule has 0 radical (unpaired) electrons. The van der Waals surface area contributed by atoms with E-state index < -0.39 is 0 Å². The number of ether oxygens (including phenoxy) is 1. The molecule has 2 nitrogen and oxygen atoms in total. The Morgan fingerprint density at radius 3 is 1.21 bits per heavy atom. The van der Waals surface area contributed by atoms with Gasteiger partial charge in [0.1, 0.15) is 5.75 Å². The number of carbonyl (C=O) groups is 1. The van der Waals surface area contributed by atoms with E-state index in [1.165, 1.54) is 79.2 Å². The van der Waals surface area contributed by atoms with Crippen molar-refractivity contribution >= 4 is 5.97 Å². The maximum atomic E-state index is 11.8. The van der Waals surface area contributed by atoms with Crippen LogP contribution in [0.4, 0.5) is 0 Å². The zero-order valence-electron chi connectivity index (χ0n) is 33.8. The molecule has 2 saturated carbocycles. The summed E-state index contributed by atoms with van der Waals surface area (Å²) in [5.41, 5.74) is 11.0. The van der Waals surface area contributed by atoms with Crippen molar-refractivity contribution in [3.63, 3.8) is 0 Å². The van der Waals surface area contributed by atoms with Gasteiger partial charge < -0.3 is 4.74 Å². The van der Waals surface area contributed by atoms with Gasteiger partial charge in [0.15, 0.2) is 0 Å². The highest BCUT2D eigenvalue weighted by molar-refractivity contribution is 5.91. The van der Waals surface area contributed by atoms with Crippen LogP contribution < -0.4 is 4.74 Å². The molecular formula is C51H64O2. The average molecular weight is 709 g/mol. The van der Waals surface area contributed by atoms with Crippen molar-refractivity contribution < 1.29 is 9.53 Å². The summed E-state index contributed by atoms with van der Waals surface area (Å²) in [5.74, 6) is 4.19. The van der Waals surface area contributed by atoms with Crippen molar-refractivity contribution in [1.82, 2.24) is 0 Å². The Balaban J connectivity index is 0.000000176. The molecule has 0 aromatic heterocycles. The number of hydrogen-bond donors (Lipinski definition) is 0. The molecule has 0 N–H and O–H groups in total. The van der Waals surface area contributed by atoms with Crippen molar-refractivity contribution in [2.45, 2.75) is 113 Å². The summed E-state index contributed by atoms with van der Waals surface area (Å²) in [5, 5.41) is 0. The van der Waals surface area contributed by atoms with E-state index in [0.717, 1.165) is 34.8 Å². The maximum absolute atomic E-state index is 11.8. The molecule has 5 aromatic rings. The third-order valence-electron chi connectivity index (χ3n) is 11.0. The molecule has 0 atom stereocenters. The summed E-state index contributed by atoms with van der Waals surface area (Å²) in [6, 6.07) is 41.3. The Bertz CT molecular complexity index is 1710. The van der Waals surface area contributed by atoms with Crippen LogP contribution in [0.15, 0.2) is 121 Å². The van der Waals surface area contributed by atoms with E-state index in [1.807, 2.05) is 52.0 Å². The minimum absolute atomic E-state index is 0.325. The first-order valence-electron chi connectivity index (χ1n) is 20.2. The monoisotopic (exact) mass is 708 g/mol. The number of rotatable bonds is 5. The summed E-state index contributed by atoms with van der Waals surface area (Å²) >= 11 is 0. The van der Waals surface area contributed by atoms with E-state index in [4.69, 9.17) is 4.74 Å². The van der Waals surface area contributed by atoms with Gasteiger partial charge in [-0.2, -0.15) is 0 Å². The van der Waals surface area contributed by atoms with Crippen molar-refractivity contribution in [1.29, 1.82) is 0 Å². The third-order valence-corrected chi connectivity index (χ3v) is 11.0. The molecule has 0 bridgehead atoms. The molecule has 2 aliphatic carbocycles. The molecule has 0 unspecified atom stereocenters. The van der Waals surface area contributed by atoms with E-state index in [-0.39, 0.29) is 5.97 Å². The second-order valence-corrected chi connectivity index (χ2v) is 15.3. The number of esters is 1. The molecule has 0 saturated heterocycles. The fourth-order valence-electron chi connectivity index (χ4n) is 7.47. The third kappa shape index (κ3) is 13.5. The molecule has 7 rings (SSSR count). The van der Waals surface area contributed by atoms with Crippen molar-refractivity contribution in [3.8, 4) is 16.9 Å². The van der Waals surface area contributed by atoms with Gasteiger partial charge in [-0.15, -0.1) is 0 Å². The van der Waals surface area contributed by atoms with Crippen LogP contribution in [0.3, 0.4) is 0 Å². The Hall–Kier alpha value is -4.43. The van der Waals surface area contributed by atoms with E-state index in [0.29, 0.717) is 11.3 Å². The zero-order valence-corrected chi connectivity index (χ0v) is 33.8. The highest BCUT2D eigenvalue weighted by Crippen LogP contribution is 2.43. The van der Waals surface area contributed by atoms with Gasteiger partial charge in [-0.1, -0.05) is 158 Å². The number of carbonyl (C=O) groups excluding carboxylic acids is 1. The summed E-state index contributed by atoms with van der Waals surface area (Å²) < 4.78 is 5.26. The van der Waals surface area contributed by atoms with Gasteiger partial charge in [0.25, 0.3) is 0 Å². The second kappa shape index (κ2) is 21.3. The van der Waals surface area contributed by atoms with E-state index in [9.17, 15) is 4.79 Å². The number of hydrogen-bond acceptors (Lipinski definition) is 2. The van der Waals surface area contributed by atoms with E-state index in [2.05, 4.69) is 100 Å².